The molecular weight excluding hydrogens is 581 g/mol. The van der Waals surface area contributed by atoms with Crippen molar-refractivity contribution in [3.05, 3.63) is 209 Å². The van der Waals surface area contributed by atoms with E-state index in [4.69, 9.17) is 0 Å². The minimum atomic E-state index is 1.03. The van der Waals surface area contributed by atoms with Crippen LogP contribution in [0.2, 0.25) is 0 Å². The highest BCUT2D eigenvalue weighted by atomic mass is 15.2. The Morgan fingerprint density at radius 2 is 1.10 bits per heavy atom. The number of anilines is 3. The average Bonchev–Trinajstić information content (AvgIpc) is 3.13. The lowest BCUT2D eigenvalue weighted by Crippen LogP contribution is -2.19. The smallest absolute Gasteiger partial charge is 0.0533 e. The average molecular weight is 625 g/mol. The third kappa shape index (κ3) is 7.74. The van der Waals surface area contributed by atoms with Gasteiger partial charge in [0.05, 0.1) is 5.70 Å². The number of nitrogens with zero attached hydrogens (tertiary/aromatic N) is 2. The van der Waals surface area contributed by atoms with Crippen LogP contribution >= 0.6 is 0 Å². The first-order valence-corrected chi connectivity index (χ1v) is 16.4. The van der Waals surface area contributed by atoms with Gasteiger partial charge in [0.15, 0.2) is 0 Å². The van der Waals surface area contributed by atoms with Gasteiger partial charge in [-0.3, -0.25) is 0 Å². The van der Waals surface area contributed by atoms with Crippen molar-refractivity contribution in [2.75, 3.05) is 16.8 Å². The summed E-state index contributed by atoms with van der Waals surface area (Å²) < 4.78 is 0. The summed E-state index contributed by atoms with van der Waals surface area (Å²) in [6.45, 7) is 14.4. The number of rotatable bonds is 10. The third-order valence-electron chi connectivity index (χ3n) is 8.33. The zero-order chi connectivity index (χ0) is 33.9. The first kappa shape index (κ1) is 33.5. The summed E-state index contributed by atoms with van der Waals surface area (Å²) in [6.07, 6.45) is 14.2. The Morgan fingerprint density at radius 3 is 1.69 bits per heavy atom. The molecule has 5 aromatic carbocycles. The predicted octanol–water partition coefficient (Wildman–Crippen LogP) is 10.6. The van der Waals surface area contributed by atoms with E-state index in [0.29, 0.717) is 0 Å². The molecule has 0 aliphatic carbocycles. The van der Waals surface area contributed by atoms with Crippen molar-refractivity contribution in [1.29, 1.82) is 0 Å². The summed E-state index contributed by atoms with van der Waals surface area (Å²) in [5.41, 5.74) is 8.90. The van der Waals surface area contributed by atoms with Crippen LogP contribution < -0.4 is 20.2 Å². The fourth-order valence-corrected chi connectivity index (χ4v) is 5.90. The Balaban J connectivity index is 1.61. The largest absolute Gasteiger partial charge is 0.350 e. The van der Waals surface area contributed by atoms with E-state index in [9.17, 15) is 0 Å². The fraction of sp³-hybridized carbons (Fsp3) is 0.0870. The first-order valence-electron chi connectivity index (χ1n) is 16.4. The lowest BCUT2D eigenvalue weighted by atomic mass is 10.0. The van der Waals surface area contributed by atoms with Crippen molar-refractivity contribution in [2.24, 2.45) is 0 Å². The zero-order valence-electron chi connectivity index (χ0n) is 28.5. The summed E-state index contributed by atoms with van der Waals surface area (Å²) in [5.74, 6) is 0. The molecule has 0 atom stereocenters. The molecule has 0 saturated heterocycles. The Morgan fingerprint density at radius 1 is 0.583 bits per heavy atom. The highest BCUT2D eigenvalue weighted by Crippen LogP contribution is 2.36. The number of hydrogen-bond donors (Lipinski definition) is 0. The van der Waals surface area contributed by atoms with Gasteiger partial charge in [0.25, 0.3) is 0 Å². The number of benzene rings is 5. The minimum absolute atomic E-state index is 1.03. The van der Waals surface area contributed by atoms with E-state index in [1.165, 1.54) is 32.4 Å². The highest BCUT2D eigenvalue weighted by Gasteiger charge is 2.18. The summed E-state index contributed by atoms with van der Waals surface area (Å²) in [4.78, 5) is 4.49. The van der Waals surface area contributed by atoms with Crippen LogP contribution in [0.25, 0.3) is 23.4 Å². The monoisotopic (exact) mass is 624 g/mol. The van der Waals surface area contributed by atoms with Gasteiger partial charge in [-0.1, -0.05) is 140 Å². The molecule has 2 nitrogen and oxygen atoms in total. The molecule has 0 spiro atoms. The molecule has 0 aromatic heterocycles. The van der Waals surface area contributed by atoms with E-state index in [1.807, 2.05) is 24.3 Å². The molecule has 2 heteroatoms. The van der Waals surface area contributed by atoms with Gasteiger partial charge in [0.1, 0.15) is 0 Å². The third-order valence-corrected chi connectivity index (χ3v) is 8.33. The van der Waals surface area contributed by atoms with Crippen LogP contribution in [0.5, 0.6) is 0 Å². The lowest BCUT2D eigenvalue weighted by molar-refractivity contribution is 1.15. The van der Waals surface area contributed by atoms with E-state index in [2.05, 4.69) is 197 Å². The van der Waals surface area contributed by atoms with Crippen molar-refractivity contribution in [2.45, 2.75) is 20.8 Å². The second-order valence-corrected chi connectivity index (χ2v) is 11.8. The van der Waals surface area contributed by atoms with Crippen LogP contribution in [0.3, 0.4) is 0 Å². The Hall–Kier alpha value is -5.86. The Bertz CT molecular complexity index is 2180. The van der Waals surface area contributed by atoms with Gasteiger partial charge in [0, 0.05) is 30.3 Å². The minimum Gasteiger partial charge on any atom is -0.350 e. The van der Waals surface area contributed by atoms with Crippen molar-refractivity contribution < 1.29 is 0 Å². The maximum absolute atomic E-state index is 4.08. The molecule has 0 heterocycles. The maximum Gasteiger partial charge on any atom is 0.0533 e. The second-order valence-electron chi connectivity index (χ2n) is 11.8. The van der Waals surface area contributed by atoms with Gasteiger partial charge < -0.3 is 9.80 Å². The predicted molar refractivity (Wildman–Crippen MR) is 209 cm³/mol. The Kier molecular flexibility index (Phi) is 11.2. The van der Waals surface area contributed by atoms with Crippen LogP contribution in [-0.2, 0) is 0 Å². The van der Waals surface area contributed by atoms with Crippen molar-refractivity contribution in [3.8, 4) is 11.1 Å². The molecule has 0 unspecified atom stereocenters. The van der Waals surface area contributed by atoms with Crippen LogP contribution in [-0.4, -0.2) is 7.05 Å². The molecule has 0 aliphatic rings. The standard InChI is InChI=1S/C46H44N2/c1-7-10-23-43(35(4)5)46(18-8-2)48(41-28-26-38(27-29-41)37-20-12-11-13-21-37)42-32-30-40(31-33-42)47(6)34-39-22-15-17-25-45(39)44-24-16-14-19-36(44)9-3/h7-34H,1-2H2,3-6H3/b23-10-,36-9-,39-34+,45-44-,46-18+. The zero-order valence-corrected chi connectivity index (χ0v) is 28.5. The van der Waals surface area contributed by atoms with Crippen molar-refractivity contribution in [1.82, 2.24) is 0 Å². The SMILES string of the molecule is C=C/C=C\C(=C(C)C)/C(=C\C=C)N(c1ccc(-c2ccccc2)cc1)c1ccc(N(C)\C=c2/cccc/c2=c2\cccc\c2=C\C)cc1. The van der Waals surface area contributed by atoms with Gasteiger partial charge in [-0.15, -0.1) is 0 Å². The fourth-order valence-electron chi connectivity index (χ4n) is 5.90. The highest BCUT2D eigenvalue weighted by molar-refractivity contribution is 5.77. The van der Waals surface area contributed by atoms with Gasteiger partial charge in [-0.25, -0.2) is 0 Å². The van der Waals surface area contributed by atoms with E-state index in [1.54, 1.807) is 0 Å². The van der Waals surface area contributed by atoms with Gasteiger partial charge in [0.2, 0.25) is 0 Å². The molecule has 238 valence electrons. The molecular formula is C46H44N2. The molecule has 5 rings (SSSR count). The molecule has 0 saturated carbocycles. The number of hydrogen-bond acceptors (Lipinski definition) is 2. The topological polar surface area (TPSA) is 6.48 Å². The maximum atomic E-state index is 4.08. The van der Waals surface area contributed by atoms with E-state index in [-0.39, 0.29) is 0 Å². The van der Waals surface area contributed by atoms with Crippen molar-refractivity contribution >= 4 is 29.3 Å². The molecule has 0 N–H and O–H groups in total. The summed E-state index contributed by atoms with van der Waals surface area (Å²) in [7, 11) is 2.11. The van der Waals surface area contributed by atoms with E-state index < -0.39 is 0 Å². The second kappa shape index (κ2) is 16.1. The normalized spacial score (nSPS) is 13.0. The van der Waals surface area contributed by atoms with Crippen LogP contribution in [0.15, 0.2) is 188 Å². The molecule has 0 bridgehead atoms. The van der Waals surface area contributed by atoms with Crippen molar-refractivity contribution in [3.63, 3.8) is 0 Å². The number of allylic oxidation sites excluding steroid dienone is 6. The summed E-state index contributed by atoms with van der Waals surface area (Å²) in [6, 6.07) is 45.1. The quantitative estimate of drug-likeness (QED) is 0.143. The van der Waals surface area contributed by atoms with E-state index >= 15 is 0 Å². The van der Waals surface area contributed by atoms with Crippen LogP contribution in [0.4, 0.5) is 17.1 Å². The van der Waals surface area contributed by atoms with E-state index in [0.717, 1.165) is 33.6 Å². The lowest BCUT2D eigenvalue weighted by Gasteiger charge is -2.30. The molecule has 0 radical (unpaired) electrons. The molecule has 48 heavy (non-hydrogen) atoms. The molecule has 5 aromatic rings. The summed E-state index contributed by atoms with van der Waals surface area (Å²) >= 11 is 0. The Labute approximate surface area is 286 Å². The van der Waals surface area contributed by atoms with Gasteiger partial charge in [-0.2, -0.15) is 0 Å². The van der Waals surface area contributed by atoms with Gasteiger partial charge in [-0.05, 0) is 101 Å². The summed E-state index contributed by atoms with van der Waals surface area (Å²) in [5, 5.41) is 4.83. The molecule has 0 aliphatic heterocycles. The first-order chi connectivity index (χ1) is 23.4. The van der Waals surface area contributed by atoms with Crippen LogP contribution in [0.1, 0.15) is 20.8 Å². The van der Waals surface area contributed by atoms with Gasteiger partial charge >= 0.3 is 0 Å². The van der Waals surface area contributed by atoms with Crippen LogP contribution in [0, 0.1) is 10.4 Å². The molecule has 0 fully saturated rings. The molecule has 0 amide bonds.